The summed E-state index contributed by atoms with van der Waals surface area (Å²) in [6, 6.07) is 9.37. The summed E-state index contributed by atoms with van der Waals surface area (Å²) >= 11 is 0. The molecule has 0 unspecified atom stereocenters. The van der Waals surface area contributed by atoms with Crippen LogP contribution in [0, 0.1) is 0 Å². The molecule has 7 heteroatoms. The van der Waals surface area contributed by atoms with Gasteiger partial charge in [0.15, 0.2) is 0 Å². The second kappa shape index (κ2) is 10.0. The van der Waals surface area contributed by atoms with Crippen LogP contribution in [0.1, 0.15) is 37.8 Å². The first-order valence-corrected chi connectivity index (χ1v) is 8.03. The molecule has 0 spiro atoms. The van der Waals surface area contributed by atoms with Gasteiger partial charge in [0.1, 0.15) is 6.10 Å². The summed E-state index contributed by atoms with van der Waals surface area (Å²) in [5.74, 6) is -0.146. The zero-order valence-electron chi connectivity index (χ0n) is 14.8. The van der Waals surface area contributed by atoms with E-state index < -0.39 is 12.2 Å². The molecule has 0 bridgehead atoms. The average molecular weight is 420 g/mol. The molecule has 6 nitrogen and oxygen atoms in total. The Hall–Kier alpha value is -1.27. The smallest absolute Gasteiger partial charge is 0.410 e. The van der Waals surface area contributed by atoms with E-state index in [0.717, 1.165) is 5.56 Å². The van der Waals surface area contributed by atoms with E-state index in [-0.39, 0.29) is 63.5 Å². The van der Waals surface area contributed by atoms with Crippen LogP contribution in [0.25, 0.3) is 0 Å². The molecule has 1 aliphatic heterocycles. The molecule has 1 fully saturated rings. The van der Waals surface area contributed by atoms with Gasteiger partial charge in [-0.2, -0.15) is 0 Å². The Morgan fingerprint density at radius 3 is 2.64 bits per heavy atom. The van der Waals surface area contributed by atoms with Gasteiger partial charge in [0, 0.05) is 59.3 Å². The number of hydrogen-bond donors (Lipinski definition) is 0. The molecule has 0 N–H and O–H groups in total. The number of ether oxygens (including phenoxy) is 1. The molecule has 3 atom stereocenters. The molecule has 1 heterocycles. The molecular formula is C18H23N2O4Y-. The van der Waals surface area contributed by atoms with Crippen LogP contribution in [-0.2, 0) is 47.0 Å². The Morgan fingerprint density at radius 2 is 2.04 bits per heavy atom. The fraction of sp³-hybridized carbons (Fsp3) is 0.500. The van der Waals surface area contributed by atoms with Gasteiger partial charge in [-0.3, -0.25) is 11.1 Å². The minimum absolute atomic E-state index is 0. The van der Waals surface area contributed by atoms with Crippen LogP contribution in [0.2, 0.25) is 0 Å². The SMILES string of the molecule is C[C@H](C[C-]=O)N(C)C(=O)C[C@H]1C[C@@H](c2ccccc2)N(C)C(=O)O1.[Y]. The van der Waals surface area contributed by atoms with E-state index in [9.17, 15) is 14.4 Å². The minimum atomic E-state index is -0.471. The van der Waals surface area contributed by atoms with Crippen molar-refractivity contribution < 1.29 is 51.8 Å². The maximum atomic E-state index is 12.4. The molecule has 0 aromatic heterocycles. The Bertz CT molecular complexity index is 596. The summed E-state index contributed by atoms with van der Waals surface area (Å²) in [5, 5.41) is 0. The van der Waals surface area contributed by atoms with Crippen molar-refractivity contribution >= 4 is 18.3 Å². The zero-order chi connectivity index (χ0) is 17.7. The second-order valence-corrected chi connectivity index (χ2v) is 6.19. The Labute approximate surface area is 173 Å². The molecule has 133 valence electrons. The minimum Gasteiger partial charge on any atom is -0.542 e. The molecule has 0 aliphatic carbocycles. The summed E-state index contributed by atoms with van der Waals surface area (Å²) < 4.78 is 5.37. The van der Waals surface area contributed by atoms with Gasteiger partial charge >= 0.3 is 6.09 Å². The van der Waals surface area contributed by atoms with Crippen LogP contribution in [0.3, 0.4) is 0 Å². The standard InChI is InChI=1S/C18H23N2O4.Y/c1-13(9-10-21)19(2)17(22)12-15-11-16(20(3)18(23)24-15)14-7-5-4-6-8-14;/h4-8,13,15-16H,9,11-12H2,1-3H3;/q-1;/t13-,15-,16+;/m1./s1. The quantitative estimate of drug-likeness (QED) is 0.663. The van der Waals surface area contributed by atoms with Crippen LogP contribution in [0.5, 0.6) is 0 Å². The number of amides is 2. The van der Waals surface area contributed by atoms with E-state index in [1.54, 1.807) is 25.9 Å². The van der Waals surface area contributed by atoms with E-state index >= 15 is 0 Å². The zero-order valence-corrected chi connectivity index (χ0v) is 17.7. The van der Waals surface area contributed by atoms with Crippen LogP contribution in [-0.4, -0.2) is 54.3 Å². The predicted molar refractivity (Wildman–Crippen MR) is 89.0 cm³/mol. The third kappa shape index (κ3) is 5.61. The molecule has 1 aromatic carbocycles. The first-order valence-electron chi connectivity index (χ1n) is 8.03. The molecule has 1 aliphatic rings. The Balaban J connectivity index is 0.00000312. The maximum Gasteiger partial charge on any atom is 0.410 e. The van der Waals surface area contributed by atoms with Gasteiger partial charge in [-0.05, 0) is 12.5 Å². The van der Waals surface area contributed by atoms with E-state index in [1.807, 2.05) is 36.6 Å². The molecule has 1 saturated heterocycles. The first-order chi connectivity index (χ1) is 11.4. The average Bonchev–Trinajstić information content (AvgIpc) is 2.58. The van der Waals surface area contributed by atoms with Crippen molar-refractivity contribution in [1.29, 1.82) is 0 Å². The number of cyclic esters (lactones) is 1. The van der Waals surface area contributed by atoms with Crippen molar-refractivity contribution in [2.45, 2.75) is 44.4 Å². The van der Waals surface area contributed by atoms with Gasteiger partial charge in [-0.1, -0.05) is 30.3 Å². The van der Waals surface area contributed by atoms with Crippen molar-refractivity contribution in [3.63, 3.8) is 0 Å². The van der Waals surface area contributed by atoms with Gasteiger partial charge in [0.05, 0.1) is 12.5 Å². The van der Waals surface area contributed by atoms with Gasteiger partial charge in [-0.25, -0.2) is 4.79 Å². The first kappa shape index (κ1) is 21.8. The molecule has 25 heavy (non-hydrogen) atoms. The molecule has 2 amide bonds. The topological polar surface area (TPSA) is 66.9 Å². The van der Waals surface area contributed by atoms with Crippen LogP contribution < -0.4 is 0 Å². The van der Waals surface area contributed by atoms with E-state index in [1.165, 1.54) is 4.90 Å². The van der Waals surface area contributed by atoms with Crippen molar-refractivity contribution in [2.75, 3.05) is 14.1 Å². The fourth-order valence-electron chi connectivity index (χ4n) is 2.81. The third-order valence-electron chi connectivity index (χ3n) is 4.53. The number of carbonyl (C=O) groups is 2. The molecular weight excluding hydrogens is 397 g/mol. The van der Waals surface area contributed by atoms with Gasteiger partial charge in [0.2, 0.25) is 5.91 Å². The van der Waals surface area contributed by atoms with Crippen LogP contribution in [0.4, 0.5) is 4.79 Å². The Morgan fingerprint density at radius 1 is 1.40 bits per heavy atom. The van der Waals surface area contributed by atoms with Gasteiger partial charge < -0.3 is 19.3 Å². The van der Waals surface area contributed by atoms with Crippen molar-refractivity contribution in [1.82, 2.24) is 9.80 Å². The number of carbonyl (C=O) groups excluding carboxylic acids is 3. The van der Waals surface area contributed by atoms with Crippen molar-refractivity contribution in [2.24, 2.45) is 0 Å². The van der Waals surface area contributed by atoms with Gasteiger partial charge in [-0.15, -0.1) is 6.42 Å². The van der Waals surface area contributed by atoms with E-state index in [2.05, 4.69) is 0 Å². The number of nitrogens with zero attached hydrogens (tertiary/aromatic N) is 2. The number of rotatable bonds is 6. The monoisotopic (exact) mass is 420 g/mol. The number of benzene rings is 1. The summed E-state index contributed by atoms with van der Waals surface area (Å²) in [6.45, 7) is 1.79. The molecule has 0 saturated carbocycles. The normalized spacial score (nSPS) is 20.9. The van der Waals surface area contributed by atoms with Crippen molar-refractivity contribution in [3.8, 4) is 0 Å². The summed E-state index contributed by atoms with van der Waals surface area (Å²) in [7, 11) is 3.35. The largest absolute Gasteiger partial charge is 0.542 e. The van der Waals surface area contributed by atoms with Gasteiger partial charge in [0.25, 0.3) is 0 Å². The molecule has 2 rings (SSSR count). The maximum absolute atomic E-state index is 12.4. The summed E-state index contributed by atoms with van der Waals surface area (Å²) in [4.78, 5) is 38.0. The van der Waals surface area contributed by atoms with E-state index in [0.29, 0.717) is 6.42 Å². The predicted octanol–water partition coefficient (Wildman–Crippen LogP) is 2.30. The Kier molecular flexibility index (Phi) is 8.73. The summed E-state index contributed by atoms with van der Waals surface area (Å²) in [5.41, 5.74) is 1.02. The second-order valence-electron chi connectivity index (χ2n) is 6.19. The summed E-state index contributed by atoms with van der Waals surface area (Å²) in [6.07, 6.45) is 1.75. The molecule has 1 radical (unpaired) electrons. The number of hydrogen-bond acceptors (Lipinski definition) is 4. The van der Waals surface area contributed by atoms with Crippen LogP contribution >= 0.6 is 0 Å². The fourth-order valence-corrected chi connectivity index (χ4v) is 2.81. The van der Waals surface area contributed by atoms with Crippen molar-refractivity contribution in [3.05, 3.63) is 35.9 Å². The van der Waals surface area contributed by atoms with Crippen LogP contribution in [0.15, 0.2) is 30.3 Å². The third-order valence-corrected chi connectivity index (χ3v) is 4.53. The van der Waals surface area contributed by atoms with E-state index in [4.69, 9.17) is 4.74 Å². The molecule has 1 aromatic rings.